The van der Waals surface area contributed by atoms with Crippen LogP contribution in [0.4, 0.5) is 20.7 Å². The van der Waals surface area contributed by atoms with Gasteiger partial charge in [0.05, 0.1) is 19.3 Å². The smallest absolute Gasteiger partial charge is 0.337 e. The molecule has 1 fully saturated rings. The highest BCUT2D eigenvalue weighted by atomic mass is 28.3. The van der Waals surface area contributed by atoms with Gasteiger partial charge in [-0.05, 0) is 32.0 Å². The second kappa shape index (κ2) is 8.66. The number of amides is 2. The van der Waals surface area contributed by atoms with Crippen molar-refractivity contribution in [1.82, 2.24) is 9.88 Å². The van der Waals surface area contributed by atoms with E-state index in [9.17, 15) is 14.0 Å². The number of nitrogens with zero attached hydrogens (tertiary/aromatic N) is 3. The number of rotatable bonds is 4. The maximum atomic E-state index is 14.5. The average Bonchev–Trinajstić information content (AvgIpc) is 2.68. The molecular formula is C22H29FN4O3Si. The number of benzene rings is 1. The molecule has 0 bridgehead atoms. The second-order valence-electron chi connectivity index (χ2n) is 8.98. The summed E-state index contributed by atoms with van der Waals surface area (Å²) in [6.45, 7) is 11.5. The number of pyridine rings is 1. The highest BCUT2D eigenvalue weighted by Gasteiger charge is 2.30. The number of hydrogen-bond donors (Lipinski definition) is 2. The van der Waals surface area contributed by atoms with E-state index in [0.29, 0.717) is 19.6 Å². The quantitative estimate of drug-likeness (QED) is 0.705. The summed E-state index contributed by atoms with van der Waals surface area (Å²) in [4.78, 5) is 31.6. The molecule has 1 aliphatic heterocycles. The summed E-state index contributed by atoms with van der Waals surface area (Å²) < 4.78 is 14.5. The molecule has 1 aromatic carbocycles. The molecule has 1 atom stereocenters. The number of aryl methyl sites for hydroxylation is 1. The van der Waals surface area contributed by atoms with Gasteiger partial charge in [0, 0.05) is 31.4 Å². The van der Waals surface area contributed by atoms with Gasteiger partial charge in [0.1, 0.15) is 0 Å². The van der Waals surface area contributed by atoms with Crippen LogP contribution in [-0.2, 0) is 0 Å². The number of carbonyl (C=O) groups is 2. The zero-order valence-corrected chi connectivity index (χ0v) is 19.6. The number of hydrogen-bond acceptors (Lipinski definition) is 4. The zero-order chi connectivity index (χ0) is 22.9. The third-order valence-corrected chi connectivity index (χ3v) is 7.63. The van der Waals surface area contributed by atoms with E-state index in [4.69, 9.17) is 5.11 Å². The van der Waals surface area contributed by atoms with Crippen LogP contribution in [0.5, 0.6) is 0 Å². The van der Waals surface area contributed by atoms with Gasteiger partial charge in [0.25, 0.3) is 0 Å². The molecule has 166 valence electrons. The number of aromatic nitrogens is 1. The molecular weight excluding hydrogens is 415 g/mol. The van der Waals surface area contributed by atoms with E-state index < -0.39 is 19.9 Å². The molecule has 1 aromatic heterocycles. The monoisotopic (exact) mass is 444 g/mol. The fraction of sp³-hybridized carbons (Fsp3) is 0.409. The number of aromatic carboxylic acids is 1. The molecule has 0 saturated carbocycles. The minimum Gasteiger partial charge on any atom is -0.478 e. The summed E-state index contributed by atoms with van der Waals surface area (Å²) in [5.41, 5.74) is 0.861. The molecule has 9 heteroatoms. The number of carbonyl (C=O) groups excluding carboxylic acids is 1. The predicted molar refractivity (Wildman–Crippen MR) is 123 cm³/mol. The van der Waals surface area contributed by atoms with Crippen LogP contribution in [0.1, 0.15) is 23.0 Å². The van der Waals surface area contributed by atoms with Gasteiger partial charge in [0.15, 0.2) is 11.6 Å². The number of piperazine rings is 1. The Hall–Kier alpha value is -2.94. The third kappa shape index (κ3) is 5.04. The Kier molecular flexibility index (Phi) is 6.35. The maximum absolute atomic E-state index is 14.5. The van der Waals surface area contributed by atoms with E-state index >= 15 is 0 Å². The first-order valence-electron chi connectivity index (χ1n) is 10.3. The summed E-state index contributed by atoms with van der Waals surface area (Å²) >= 11 is 0. The lowest BCUT2D eigenvalue weighted by Crippen LogP contribution is -2.55. The molecule has 2 N–H and O–H groups in total. The number of nitrogens with one attached hydrogen (secondary N) is 1. The van der Waals surface area contributed by atoms with Gasteiger partial charge in [0.2, 0.25) is 0 Å². The Labute approximate surface area is 182 Å². The Bertz CT molecular complexity index is 991. The average molecular weight is 445 g/mol. The Morgan fingerprint density at radius 1 is 1.19 bits per heavy atom. The van der Waals surface area contributed by atoms with Gasteiger partial charge in [-0.3, -0.25) is 0 Å². The van der Waals surface area contributed by atoms with E-state index in [0.717, 1.165) is 11.8 Å². The highest BCUT2D eigenvalue weighted by Crippen LogP contribution is 2.23. The van der Waals surface area contributed by atoms with Crippen LogP contribution in [0.15, 0.2) is 30.3 Å². The van der Waals surface area contributed by atoms with Crippen LogP contribution in [0.25, 0.3) is 0 Å². The fourth-order valence-electron chi connectivity index (χ4n) is 3.71. The van der Waals surface area contributed by atoms with Gasteiger partial charge in [-0.1, -0.05) is 37.0 Å². The molecule has 1 saturated heterocycles. The van der Waals surface area contributed by atoms with Crippen molar-refractivity contribution >= 4 is 36.8 Å². The number of carboxylic acids is 1. The third-order valence-electron chi connectivity index (χ3n) is 5.57. The highest BCUT2D eigenvalue weighted by molar-refractivity contribution is 6.88. The normalized spacial score (nSPS) is 16.9. The first-order chi connectivity index (χ1) is 14.5. The van der Waals surface area contributed by atoms with Crippen molar-refractivity contribution < 1.29 is 19.1 Å². The first-order valence-corrected chi connectivity index (χ1v) is 13.8. The summed E-state index contributed by atoms with van der Waals surface area (Å²) in [5, 5.41) is 13.4. The Morgan fingerprint density at radius 2 is 1.84 bits per heavy atom. The summed E-state index contributed by atoms with van der Waals surface area (Å²) in [6, 6.07) is 8.64. The van der Waals surface area contributed by atoms with E-state index in [1.54, 1.807) is 16.7 Å². The lowest BCUT2D eigenvalue weighted by Gasteiger charge is -2.40. The molecule has 3 rings (SSSR count). The number of carboxylic acid groups (broad SMARTS) is 1. The summed E-state index contributed by atoms with van der Waals surface area (Å²) in [7, 11) is -1.40. The fourth-order valence-corrected chi connectivity index (χ4v) is 4.87. The topological polar surface area (TPSA) is 85.8 Å². The lowest BCUT2D eigenvalue weighted by molar-refractivity contribution is 0.0695. The van der Waals surface area contributed by atoms with E-state index in [-0.39, 0.29) is 29.1 Å². The molecule has 7 nitrogen and oxygen atoms in total. The zero-order valence-electron chi connectivity index (χ0n) is 18.6. The van der Waals surface area contributed by atoms with Crippen molar-refractivity contribution in [3.63, 3.8) is 0 Å². The molecule has 1 aliphatic rings. The number of halogens is 1. The van der Waals surface area contributed by atoms with Crippen molar-refractivity contribution in [3.05, 3.63) is 47.4 Å². The molecule has 0 radical (unpaired) electrons. The van der Waals surface area contributed by atoms with Crippen LogP contribution >= 0.6 is 0 Å². The van der Waals surface area contributed by atoms with E-state index in [1.807, 2.05) is 19.1 Å². The molecule has 2 amide bonds. The van der Waals surface area contributed by atoms with Gasteiger partial charge in [-0.15, -0.1) is 0 Å². The Morgan fingerprint density at radius 3 is 2.39 bits per heavy atom. The van der Waals surface area contributed by atoms with Gasteiger partial charge >= 0.3 is 12.0 Å². The second-order valence-corrected chi connectivity index (χ2v) is 14.1. The standard InChI is InChI=1S/C22H29FN4O3Si/c1-14-13-26(20-19(23)12-18(21(28)29)15(2)24-20)10-11-27(14)22(30)25-16-6-8-17(9-7-16)31(3,4)5/h6-9,12,14H,10-11,13H2,1-5H3,(H,25,30)(H,28,29)/t14-/m1/s1. The molecule has 0 aliphatic carbocycles. The number of anilines is 2. The van der Waals surface area contributed by atoms with Gasteiger partial charge in [-0.25, -0.2) is 19.0 Å². The molecule has 0 spiro atoms. The molecule has 2 aromatic rings. The largest absolute Gasteiger partial charge is 0.478 e. The Balaban J connectivity index is 1.67. The summed E-state index contributed by atoms with van der Waals surface area (Å²) in [5.74, 6) is -1.75. The minimum atomic E-state index is -1.40. The molecule has 31 heavy (non-hydrogen) atoms. The lowest BCUT2D eigenvalue weighted by atomic mass is 10.1. The predicted octanol–water partition coefficient (Wildman–Crippen LogP) is 3.52. The van der Waals surface area contributed by atoms with E-state index in [2.05, 4.69) is 42.1 Å². The van der Waals surface area contributed by atoms with Crippen LogP contribution in [0.3, 0.4) is 0 Å². The van der Waals surface area contributed by atoms with Crippen molar-refractivity contribution in [1.29, 1.82) is 0 Å². The van der Waals surface area contributed by atoms with Crippen LogP contribution in [-0.4, -0.2) is 60.7 Å². The summed E-state index contributed by atoms with van der Waals surface area (Å²) in [6.07, 6.45) is 0. The van der Waals surface area contributed by atoms with Gasteiger partial charge < -0.3 is 20.2 Å². The van der Waals surface area contributed by atoms with Crippen molar-refractivity contribution in [2.75, 3.05) is 29.9 Å². The molecule has 2 heterocycles. The van der Waals surface area contributed by atoms with Crippen LogP contribution < -0.4 is 15.4 Å². The SMILES string of the molecule is Cc1nc(N2CCN(C(=O)Nc3ccc([Si](C)(C)C)cc3)[C@H](C)C2)c(F)cc1C(=O)O. The van der Waals surface area contributed by atoms with Crippen LogP contribution in [0.2, 0.25) is 19.6 Å². The van der Waals surface area contributed by atoms with Crippen LogP contribution in [0, 0.1) is 12.7 Å². The van der Waals surface area contributed by atoms with Crippen molar-refractivity contribution in [3.8, 4) is 0 Å². The molecule has 0 unspecified atom stereocenters. The van der Waals surface area contributed by atoms with Crippen molar-refractivity contribution in [2.45, 2.75) is 39.5 Å². The number of urea groups is 1. The van der Waals surface area contributed by atoms with E-state index in [1.165, 1.54) is 5.19 Å². The maximum Gasteiger partial charge on any atom is 0.337 e. The minimum absolute atomic E-state index is 0.122. The van der Waals surface area contributed by atoms with Gasteiger partial charge in [-0.2, -0.15) is 0 Å². The first kappa shape index (κ1) is 22.7. The van der Waals surface area contributed by atoms with Crippen molar-refractivity contribution in [2.24, 2.45) is 0 Å².